The molecule has 0 saturated carbocycles. The van der Waals surface area contributed by atoms with Gasteiger partial charge in [-0.2, -0.15) is 0 Å². The van der Waals surface area contributed by atoms with Gasteiger partial charge < -0.3 is 19.3 Å². The Bertz CT molecular complexity index is 696. The van der Waals surface area contributed by atoms with Gasteiger partial charge in [-0.15, -0.1) is 0 Å². The highest BCUT2D eigenvalue weighted by molar-refractivity contribution is 7.51. The molecule has 2 rings (SSSR count). The molecule has 0 fully saturated rings. The van der Waals surface area contributed by atoms with Gasteiger partial charge in [0.05, 0.1) is 6.16 Å². The molecule has 0 spiro atoms. The van der Waals surface area contributed by atoms with Crippen LogP contribution < -0.4 is 9.47 Å². The minimum absolute atomic E-state index is 0.285. The summed E-state index contributed by atoms with van der Waals surface area (Å²) in [5, 5.41) is 0. The number of fused-ring (bicyclic) bond motifs is 1. The van der Waals surface area contributed by atoms with Gasteiger partial charge in [-0.05, 0) is 69.4 Å². The molecule has 0 radical (unpaired) electrons. The standard InChI is InChI=1S/C22H35O5P/c1-4-5-6-7-8-9-10-14-22(3)15-13-19-16-20(11-12-21(19)27-22)26-18(2)17-28(23,24)25/h10-12,14,16,18H,4-9,13,15,17H2,1-3H3,(H2,23,24,25). The van der Waals surface area contributed by atoms with Crippen molar-refractivity contribution in [1.82, 2.24) is 0 Å². The van der Waals surface area contributed by atoms with Crippen LogP contribution in [0.5, 0.6) is 11.5 Å². The van der Waals surface area contributed by atoms with Crippen LogP contribution in [0.2, 0.25) is 0 Å². The maximum absolute atomic E-state index is 11.1. The molecule has 0 aromatic heterocycles. The molecule has 2 N–H and O–H groups in total. The Balaban J connectivity index is 1.88. The van der Waals surface area contributed by atoms with E-state index in [1.807, 2.05) is 12.1 Å². The number of benzene rings is 1. The third-order valence-corrected chi connectivity index (χ3v) is 6.03. The second kappa shape index (κ2) is 10.5. The molecular weight excluding hydrogens is 375 g/mol. The van der Waals surface area contributed by atoms with Crippen molar-refractivity contribution in [2.24, 2.45) is 0 Å². The van der Waals surface area contributed by atoms with E-state index in [0.717, 1.165) is 30.6 Å². The fraction of sp³-hybridized carbons (Fsp3) is 0.636. The Hall–Kier alpha value is -1.29. The molecule has 5 nitrogen and oxygen atoms in total. The van der Waals surface area contributed by atoms with Gasteiger partial charge in [0.1, 0.15) is 23.2 Å². The van der Waals surface area contributed by atoms with Gasteiger partial charge in [-0.3, -0.25) is 4.57 Å². The summed E-state index contributed by atoms with van der Waals surface area (Å²) in [7, 11) is -4.08. The zero-order valence-corrected chi connectivity index (χ0v) is 18.3. The first-order valence-electron chi connectivity index (χ1n) is 10.4. The van der Waals surface area contributed by atoms with Crippen LogP contribution in [-0.4, -0.2) is 27.7 Å². The van der Waals surface area contributed by atoms with E-state index in [-0.39, 0.29) is 11.8 Å². The summed E-state index contributed by atoms with van der Waals surface area (Å²) in [6.07, 6.45) is 12.9. The largest absolute Gasteiger partial charge is 0.490 e. The fourth-order valence-electron chi connectivity index (χ4n) is 3.53. The molecule has 0 saturated heterocycles. The third-order valence-electron chi connectivity index (χ3n) is 5.04. The predicted molar refractivity (Wildman–Crippen MR) is 113 cm³/mol. The molecule has 2 atom stereocenters. The van der Waals surface area contributed by atoms with Crippen molar-refractivity contribution >= 4 is 7.60 Å². The number of allylic oxidation sites excluding steroid dienone is 1. The van der Waals surface area contributed by atoms with E-state index in [4.69, 9.17) is 19.3 Å². The number of ether oxygens (including phenoxy) is 2. The second-order valence-electron chi connectivity index (χ2n) is 8.07. The minimum Gasteiger partial charge on any atom is -0.490 e. The van der Waals surface area contributed by atoms with Crippen LogP contribution >= 0.6 is 7.60 Å². The van der Waals surface area contributed by atoms with Gasteiger partial charge in [0, 0.05) is 0 Å². The Morgan fingerprint density at radius 1 is 1.29 bits per heavy atom. The second-order valence-corrected chi connectivity index (χ2v) is 9.76. The Kier molecular flexibility index (Phi) is 8.60. The van der Waals surface area contributed by atoms with E-state index in [0.29, 0.717) is 5.75 Å². The molecule has 1 aromatic carbocycles. The predicted octanol–water partition coefficient (Wildman–Crippen LogP) is 5.63. The van der Waals surface area contributed by atoms with Crippen LogP contribution in [0.15, 0.2) is 30.4 Å². The van der Waals surface area contributed by atoms with Crippen molar-refractivity contribution < 1.29 is 23.8 Å². The van der Waals surface area contributed by atoms with Crippen molar-refractivity contribution in [3.8, 4) is 11.5 Å². The minimum atomic E-state index is -4.08. The quantitative estimate of drug-likeness (QED) is 0.281. The highest BCUT2D eigenvalue weighted by Gasteiger charge is 2.29. The van der Waals surface area contributed by atoms with E-state index < -0.39 is 13.7 Å². The van der Waals surface area contributed by atoms with Crippen molar-refractivity contribution in [2.45, 2.75) is 83.8 Å². The lowest BCUT2D eigenvalue weighted by Gasteiger charge is -2.33. The number of aryl methyl sites for hydroxylation is 1. The molecule has 1 heterocycles. The monoisotopic (exact) mass is 410 g/mol. The first kappa shape index (κ1) is 23.0. The van der Waals surface area contributed by atoms with Crippen LogP contribution in [-0.2, 0) is 11.0 Å². The molecule has 2 unspecified atom stereocenters. The lowest BCUT2D eigenvalue weighted by atomic mass is 9.91. The van der Waals surface area contributed by atoms with Crippen LogP contribution in [0.3, 0.4) is 0 Å². The summed E-state index contributed by atoms with van der Waals surface area (Å²) >= 11 is 0. The summed E-state index contributed by atoms with van der Waals surface area (Å²) in [5.74, 6) is 1.48. The van der Waals surface area contributed by atoms with Crippen molar-refractivity contribution in [3.63, 3.8) is 0 Å². The molecule has 28 heavy (non-hydrogen) atoms. The summed E-state index contributed by atoms with van der Waals surface area (Å²) in [6.45, 7) is 6.02. The molecule has 0 aliphatic carbocycles. The Morgan fingerprint density at radius 3 is 2.75 bits per heavy atom. The van der Waals surface area contributed by atoms with Gasteiger partial charge in [-0.1, -0.05) is 38.7 Å². The first-order valence-corrected chi connectivity index (χ1v) is 12.2. The number of unbranched alkanes of at least 4 members (excludes halogenated alkanes) is 5. The van der Waals surface area contributed by atoms with E-state index in [9.17, 15) is 4.57 Å². The lowest BCUT2D eigenvalue weighted by molar-refractivity contribution is 0.113. The highest BCUT2D eigenvalue weighted by Crippen LogP contribution is 2.38. The van der Waals surface area contributed by atoms with Gasteiger partial charge >= 0.3 is 7.60 Å². The Labute approximate surface area is 169 Å². The molecule has 0 bridgehead atoms. The van der Waals surface area contributed by atoms with E-state index in [2.05, 4.69) is 26.0 Å². The van der Waals surface area contributed by atoms with E-state index >= 15 is 0 Å². The number of hydrogen-bond acceptors (Lipinski definition) is 3. The van der Waals surface area contributed by atoms with Crippen LogP contribution in [0.25, 0.3) is 0 Å². The summed E-state index contributed by atoms with van der Waals surface area (Å²) in [6, 6.07) is 5.62. The average molecular weight is 410 g/mol. The SMILES string of the molecule is CCCCCCCC=CC1(C)CCc2cc(OC(C)CP(=O)(O)O)ccc2O1. The Morgan fingerprint density at radius 2 is 2.04 bits per heavy atom. The van der Waals surface area contributed by atoms with Crippen LogP contribution in [0.4, 0.5) is 0 Å². The van der Waals surface area contributed by atoms with Gasteiger partial charge in [0.15, 0.2) is 0 Å². The molecule has 158 valence electrons. The summed E-state index contributed by atoms with van der Waals surface area (Å²) in [5.41, 5.74) is 0.790. The van der Waals surface area contributed by atoms with Crippen molar-refractivity contribution in [1.29, 1.82) is 0 Å². The summed E-state index contributed by atoms with van der Waals surface area (Å²) < 4.78 is 23.0. The van der Waals surface area contributed by atoms with Crippen molar-refractivity contribution in [3.05, 3.63) is 35.9 Å². The molecule has 1 aliphatic rings. The molecule has 1 aromatic rings. The molecule has 6 heteroatoms. The maximum Gasteiger partial charge on any atom is 0.329 e. The third kappa shape index (κ3) is 7.98. The van der Waals surface area contributed by atoms with Crippen molar-refractivity contribution in [2.75, 3.05) is 6.16 Å². The number of hydrogen-bond donors (Lipinski definition) is 2. The summed E-state index contributed by atoms with van der Waals surface area (Å²) in [4.78, 5) is 18.1. The van der Waals surface area contributed by atoms with Gasteiger partial charge in [-0.25, -0.2) is 0 Å². The fourth-order valence-corrected chi connectivity index (χ4v) is 4.27. The smallest absolute Gasteiger partial charge is 0.329 e. The molecule has 0 amide bonds. The van der Waals surface area contributed by atoms with Crippen LogP contribution in [0.1, 0.15) is 71.3 Å². The maximum atomic E-state index is 11.1. The zero-order chi connectivity index (χ0) is 20.6. The number of rotatable bonds is 11. The lowest BCUT2D eigenvalue weighted by Crippen LogP contribution is -2.34. The topological polar surface area (TPSA) is 76.0 Å². The van der Waals surface area contributed by atoms with E-state index in [1.54, 1.807) is 13.0 Å². The first-order chi connectivity index (χ1) is 13.2. The molecular formula is C22H35O5P. The van der Waals surface area contributed by atoms with Gasteiger partial charge in [0.2, 0.25) is 0 Å². The zero-order valence-electron chi connectivity index (χ0n) is 17.4. The van der Waals surface area contributed by atoms with E-state index in [1.165, 1.54) is 32.1 Å². The highest BCUT2D eigenvalue weighted by atomic mass is 31.2. The van der Waals surface area contributed by atoms with Crippen LogP contribution in [0, 0.1) is 0 Å². The normalized spacial score (nSPS) is 20.6. The average Bonchev–Trinajstić information content (AvgIpc) is 2.59. The molecule has 1 aliphatic heterocycles. The van der Waals surface area contributed by atoms with Gasteiger partial charge in [0.25, 0.3) is 0 Å².